The highest BCUT2D eigenvalue weighted by Crippen LogP contribution is 2.30. The third kappa shape index (κ3) is 3.53. The lowest BCUT2D eigenvalue weighted by Crippen LogP contribution is -2.50. The van der Waals surface area contributed by atoms with Gasteiger partial charge >= 0.3 is 0 Å². The van der Waals surface area contributed by atoms with E-state index in [-0.39, 0.29) is 0 Å². The van der Waals surface area contributed by atoms with Gasteiger partial charge in [-0.05, 0) is 64.6 Å². The Morgan fingerprint density at radius 2 is 1.60 bits per heavy atom. The number of piperidine rings is 2. The average molecular weight is 281 g/mol. The van der Waals surface area contributed by atoms with Crippen molar-refractivity contribution in [1.82, 2.24) is 9.80 Å². The molecule has 20 heavy (non-hydrogen) atoms. The van der Waals surface area contributed by atoms with Crippen molar-refractivity contribution >= 4 is 0 Å². The third-order valence-electron chi connectivity index (χ3n) is 5.49. The van der Waals surface area contributed by atoms with Gasteiger partial charge in [0.15, 0.2) is 0 Å². The summed E-state index contributed by atoms with van der Waals surface area (Å²) in [7, 11) is 0. The van der Waals surface area contributed by atoms with Crippen LogP contribution in [0.2, 0.25) is 0 Å². The first-order valence-electron chi connectivity index (χ1n) is 8.66. The number of likely N-dealkylation sites (tertiary alicyclic amines) is 1. The van der Waals surface area contributed by atoms with Crippen molar-refractivity contribution in [3.63, 3.8) is 0 Å². The second kappa shape index (κ2) is 7.21. The van der Waals surface area contributed by atoms with Gasteiger partial charge in [-0.2, -0.15) is 0 Å². The van der Waals surface area contributed by atoms with Gasteiger partial charge in [-0.1, -0.05) is 0 Å². The summed E-state index contributed by atoms with van der Waals surface area (Å²) in [4.78, 5) is 5.47. The van der Waals surface area contributed by atoms with E-state index >= 15 is 0 Å². The highest BCUT2D eigenvalue weighted by molar-refractivity contribution is 4.91. The molecule has 4 heteroatoms. The minimum Gasteiger partial charge on any atom is -0.378 e. The molecular formula is C16H31N3O. The van der Waals surface area contributed by atoms with Crippen LogP contribution in [0.25, 0.3) is 0 Å². The van der Waals surface area contributed by atoms with Crippen LogP contribution in [0, 0.1) is 0 Å². The van der Waals surface area contributed by atoms with Gasteiger partial charge < -0.3 is 20.3 Å². The van der Waals surface area contributed by atoms with E-state index in [1.54, 1.807) is 0 Å². The van der Waals surface area contributed by atoms with Crippen LogP contribution in [0.4, 0.5) is 0 Å². The van der Waals surface area contributed by atoms with E-state index in [1.807, 2.05) is 0 Å². The molecule has 3 heterocycles. The molecule has 3 rings (SSSR count). The fourth-order valence-corrected chi connectivity index (χ4v) is 4.28. The largest absolute Gasteiger partial charge is 0.378 e. The molecule has 0 spiro atoms. The highest BCUT2D eigenvalue weighted by Gasteiger charge is 2.35. The molecule has 0 radical (unpaired) electrons. The number of ether oxygens (including phenoxy) is 1. The Kier molecular flexibility index (Phi) is 5.32. The number of nitrogens with zero attached hydrogens (tertiary/aromatic N) is 2. The lowest BCUT2D eigenvalue weighted by molar-refractivity contribution is -0.0129. The Bertz CT molecular complexity index is 291. The van der Waals surface area contributed by atoms with Crippen LogP contribution in [-0.2, 0) is 4.74 Å². The summed E-state index contributed by atoms with van der Waals surface area (Å²) in [5.74, 6) is 0. The SMILES string of the molecule is NCCCOC1CCN(C2CCN3CCCC3C2)CC1. The molecule has 0 aliphatic carbocycles. The first-order valence-corrected chi connectivity index (χ1v) is 8.66. The van der Waals surface area contributed by atoms with Gasteiger partial charge in [0.2, 0.25) is 0 Å². The van der Waals surface area contributed by atoms with Crippen LogP contribution >= 0.6 is 0 Å². The zero-order chi connectivity index (χ0) is 13.8. The Morgan fingerprint density at radius 3 is 2.40 bits per heavy atom. The molecule has 0 saturated carbocycles. The summed E-state index contributed by atoms with van der Waals surface area (Å²) in [5.41, 5.74) is 5.51. The van der Waals surface area contributed by atoms with Crippen molar-refractivity contribution in [1.29, 1.82) is 0 Å². The maximum absolute atomic E-state index is 5.91. The smallest absolute Gasteiger partial charge is 0.0599 e. The van der Waals surface area contributed by atoms with Gasteiger partial charge in [0.05, 0.1) is 6.10 Å². The van der Waals surface area contributed by atoms with Crippen LogP contribution in [0.5, 0.6) is 0 Å². The van der Waals surface area contributed by atoms with Crippen molar-refractivity contribution in [2.45, 2.75) is 63.1 Å². The zero-order valence-electron chi connectivity index (χ0n) is 12.8. The van der Waals surface area contributed by atoms with E-state index in [0.717, 1.165) is 31.7 Å². The number of hydrogen-bond acceptors (Lipinski definition) is 4. The predicted octanol–water partition coefficient (Wildman–Crippen LogP) is 1.44. The molecule has 3 fully saturated rings. The van der Waals surface area contributed by atoms with Gasteiger partial charge in [0.25, 0.3) is 0 Å². The van der Waals surface area contributed by atoms with Crippen LogP contribution in [0.15, 0.2) is 0 Å². The Hall–Kier alpha value is -0.160. The molecule has 116 valence electrons. The standard InChI is InChI=1S/C16H31N3O/c17-7-2-12-20-16-5-10-19(11-6-16)15-4-9-18-8-1-3-14(18)13-15/h14-16H,1-13,17H2. The highest BCUT2D eigenvalue weighted by atomic mass is 16.5. The van der Waals surface area contributed by atoms with Gasteiger partial charge in [0.1, 0.15) is 0 Å². The summed E-state index contributed by atoms with van der Waals surface area (Å²) >= 11 is 0. The minimum atomic E-state index is 0.490. The monoisotopic (exact) mass is 281 g/mol. The Morgan fingerprint density at radius 1 is 0.900 bits per heavy atom. The minimum absolute atomic E-state index is 0.490. The average Bonchev–Trinajstić information content (AvgIpc) is 2.96. The molecular weight excluding hydrogens is 250 g/mol. The first kappa shape index (κ1) is 14.8. The molecule has 0 aromatic carbocycles. The maximum Gasteiger partial charge on any atom is 0.0599 e. The molecule has 3 aliphatic heterocycles. The van der Waals surface area contributed by atoms with Crippen molar-refractivity contribution in [2.24, 2.45) is 5.73 Å². The Balaban J connectivity index is 1.39. The van der Waals surface area contributed by atoms with E-state index in [9.17, 15) is 0 Å². The summed E-state index contributed by atoms with van der Waals surface area (Å²) < 4.78 is 5.91. The van der Waals surface area contributed by atoms with Gasteiger partial charge in [0, 0.05) is 31.8 Å². The van der Waals surface area contributed by atoms with Crippen molar-refractivity contribution < 1.29 is 4.74 Å². The maximum atomic E-state index is 5.91. The molecule has 3 saturated heterocycles. The topological polar surface area (TPSA) is 41.7 Å². The van der Waals surface area contributed by atoms with Gasteiger partial charge in [-0.25, -0.2) is 0 Å². The number of fused-ring (bicyclic) bond motifs is 1. The van der Waals surface area contributed by atoms with E-state index in [4.69, 9.17) is 10.5 Å². The van der Waals surface area contributed by atoms with Crippen molar-refractivity contribution in [3.8, 4) is 0 Å². The normalized spacial score (nSPS) is 33.5. The van der Waals surface area contributed by atoms with Gasteiger partial charge in [-0.15, -0.1) is 0 Å². The fraction of sp³-hybridized carbons (Fsp3) is 1.00. The van der Waals surface area contributed by atoms with Crippen LogP contribution in [-0.4, -0.2) is 67.3 Å². The quantitative estimate of drug-likeness (QED) is 0.774. The number of hydrogen-bond donors (Lipinski definition) is 1. The summed E-state index contributed by atoms with van der Waals surface area (Å²) in [6.45, 7) is 6.77. The van der Waals surface area contributed by atoms with Crippen molar-refractivity contribution in [2.75, 3.05) is 39.3 Å². The van der Waals surface area contributed by atoms with E-state index in [2.05, 4.69) is 9.80 Å². The summed E-state index contributed by atoms with van der Waals surface area (Å²) in [5, 5.41) is 0. The fourth-order valence-electron chi connectivity index (χ4n) is 4.28. The third-order valence-corrected chi connectivity index (χ3v) is 5.49. The molecule has 0 bridgehead atoms. The zero-order valence-corrected chi connectivity index (χ0v) is 12.8. The van der Waals surface area contributed by atoms with E-state index in [1.165, 1.54) is 64.7 Å². The number of rotatable bonds is 5. The van der Waals surface area contributed by atoms with Crippen LogP contribution in [0.3, 0.4) is 0 Å². The van der Waals surface area contributed by atoms with E-state index in [0.29, 0.717) is 6.10 Å². The molecule has 2 unspecified atom stereocenters. The number of nitrogens with two attached hydrogens (primary N) is 1. The molecule has 0 aromatic heterocycles. The van der Waals surface area contributed by atoms with Crippen LogP contribution < -0.4 is 5.73 Å². The first-order chi connectivity index (χ1) is 9.86. The molecule has 3 aliphatic rings. The molecule has 4 nitrogen and oxygen atoms in total. The Labute approximate surface area is 123 Å². The second-order valence-corrected chi connectivity index (χ2v) is 6.76. The van der Waals surface area contributed by atoms with Crippen molar-refractivity contribution in [3.05, 3.63) is 0 Å². The molecule has 0 amide bonds. The summed E-state index contributed by atoms with van der Waals surface area (Å²) in [6, 6.07) is 1.74. The lowest BCUT2D eigenvalue weighted by atomic mass is 9.94. The summed E-state index contributed by atoms with van der Waals surface area (Å²) in [6.07, 6.45) is 9.59. The molecule has 2 N–H and O–H groups in total. The van der Waals surface area contributed by atoms with Crippen LogP contribution in [0.1, 0.15) is 44.9 Å². The molecule has 2 atom stereocenters. The van der Waals surface area contributed by atoms with E-state index < -0.39 is 0 Å². The second-order valence-electron chi connectivity index (χ2n) is 6.76. The lowest BCUT2D eigenvalue weighted by Gasteiger charge is -2.43. The van der Waals surface area contributed by atoms with Gasteiger partial charge in [-0.3, -0.25) is 0 Å². The predicted molar refractivity (Wildman–Crippen MR) is 81.8 cm³/mol. The molecule has 0 aromatic rings.